The third-order valence-electron chi connectivity index (χ3n) is 3.26. The van der Waals surface area contributed by atoms with Gasteiger partial charge in [-0.1, -0.05) is 12.0 Å². The maximum atomic E-state index is 11.8. The molecule has 102 valence electrons. The Kier molecular flexibility index (Phi) is 3.73. The van der Waals surface area contributed by atoms with Crippen LogP contribution < -0.4 is 11.2 Å². The average molecular weight is 265 g/mol. The molecule has 1 aliphatic rings. The van der Waals surface area contributed by atoms with E-state index in [1.165, 1.54) is 10.8 Å². The molecule has 8 nitrogen and oxygen atoms in total. The number of aryl methyl sites for hydroxylation is 1. The van der Waals surface area contributed by atoms with Gasteiger partial charge in [-0.3, -0.25) is 14.3 Å². The Morgan fingerprint density at radius 2 is 2.37 bits per heavy atom. The highest BCUT2D eigenvalue weighted by molar-refractivity contribution is 5.02. The lowest BCUT2D eigenvalue weighted by atomic mass is 10.1. The summed E-state index contributed by atoms with van der Waals surface area (Å²) < 4.78 is 7.05. The van der Waals surface area contributed by atoms with Crippen LogP contribution in [0.5, 0.6) is 0 Å². The molecule has 8 heteroatoms. The number of nitrogens with zero attached hydrogens (tertiary/aromatic N) is 4. The van der Waals surface area contributed by atoms with Crippen LogP contribution in [0, 0.1) is 6.92 Å². The van der Waals surface area contributed by atoms with Gasteiger partial charge in [-0.15, -0.1) is 0 Å². The van der Waals surface area contributed by atoms with Crippen LogP contribution in [0.2, 0.25) is 0 Å². The Bertz CT molecular complexity index is 628. The molecule has 2 heterocycles. The zero-order chi connectivity index (χ0) is 14.0. The molecule has 1 aliphatic heterocycles. The van der Waals surface area contributed by atoms with Crippen LogP contribution in [0.4, 0.5) is 0 Å². The fourth-order valence-corrected chi connectivity index (χ4v) is 2.24. The second-order valence-electron chi connectivity index (χ2n) is 4.52. The van der Waals surface area contributed by atoms with Crippen molar-refractivity contribution < 1.29 is 4.74 Å². The first-order valence-electron chi connectivity index (χ1n) is 6.08. The van der Waals surface area contributed by atoms with Gasteiger partial charge in [-0.05, 0) is 18.9 Å². The highest BCUT2D eigenvalue weighted by Gasteiger charge is 2.34. The molecule has 3 atom stereocenters. The number of hydrogen-bond donors (Lipinski definition) is 1. The van der Waals surface area contributed by atoms with Gasteiger partial charge in [0.25, 0.3) is 5.56 Å². The summed E-state index contributed by atoms with van der Waals surface area (Å²) in [7, 11) is 0. The molecule has 1 aromatic heterocycles. The Balaban J connectivity index is 2.34. The molecule has 0 amide bonds. The first-order chi connectivity index (χ1) is 9.06. The van der Waals surface area contributed by atoms with Crippen LogP contribution in [0.15, 0.2) is 20.9 Å². The Labute approximate surface area is 108 Å². The van der Waals surface area contributed by atoms with E-state index < -0.39 is 17.5 Å². The van der Waals surface area contributed by atoms with Crippen molar-refractivity contribution in [1.82, 2.24) is 9.55 Å². The summed E-state index contributed by atoms with van der Waals surface area (Å²) in [5, 5.41) is 3.69. The van der Waals surface area contributed by atoms with Gasteiger partial charge in [0, 0.05) is 23.1 Å². The van der Waals surface area contributed by atoms with Crippen molar-refractivity contribution in [3.63, 3.8) is 0 Å². The summed E-state index contributed by atoms with van der Waals surface area (Å²) in [6.07, 6.45) is 1.87. The van der Waals surface area contributed by atoms with Gasteiger partial charge >= 0.3 is 5.69 Å². The molecule has 0 spiro atoms. The highest BCUT2D eigenvalue weighted by atomic mass is 16.5. The molecule has 1 N–H and O–H groups in total. The van der Waals surface area contributed by atoms with E-state index in [-0.39, 0.29) is 12.1 Å². The van der Waals surface area contributed by atoms with Crippen molar-refractivity contribution in [2.45, 2.75) is 45.1 Å². The molecule has 1 unspecified atom stereocenters. The van der Waals surface area contributed by atoms with E-state index in [1.807, 2.05) is 6.92 Å². The molecular weight excluding hydrogens is 250 g/mol. The van der Waals surface area contributed by atoms with E-state index in [2.05, 4.69) is 15.0 Å². The first kappa shape index (κ1) is 13.4. The molecule has 0 aromatic carbocycles. The highest BCUT2D eigenvalue weighted by Crippen LogP contribution is 2.31. The van der Waals surface area contributed by atoms with Crippen LogP contribution in [0.3, 0.4) is 0 Å². The predicted molar refractivity (Wildman–Crippen MR) is 67.8 cm³/mol. The van der Waals surface area contributed by atoms with Crippen molar-refractivity contribution in [2.75, 3.05) is 0 Å². The SMILES string of the molecule is CC[C@@H]1O[C@H](n2cc(C)c(=O)[nH]c2=O)CC1N=[N+]=[N-]. The topological polar surface area (TPSA) is 113 Å². The van der Waals surface area contributed by atoms with Crippen LogP contribution in [-0.2, 0) is 4.74 Å². The fraction of sp³-hybridized carbons (Fsp3) is 0.636. The van der Waals surface area contributed by atoms with Crippen LogP contribution in [-0.4, -0.2) is 21.7 Å². The molecule has 1 saturated heterocycles. The summed E-state index contributed by atoms with van der Waals surface area (Å²) in [5.41, 5.74) is 8.03. The quantitative estimate of drug-likeness (QED) is 0.503. The molecule has 0 aliphatic carbocycles. The summed E-state index contributed by atoms with van der Waals surface area (Å²) in [5.74, 6) is 0. The molecule has 1 fully saturated rings. The minimum atomic E-state index is -0.517. The van der Waals surface area contributed by atoms with E-state index in [9.17, 15) is 9.59 Å². The zero-order valence-electron chi connectivity index (χ0n) is 10.7. The molecule has 19 heavy (non-hydrogen) atoms. The minimum absolute atomic E-state index is 0.208. The smallest absolute Gasteiger partial charge is 0.330 e. The standard InChI is InChI=1S/C11H15N5O3/c1-3-8-7(14-15-12)4-9(19-8)16-5-6(2)10(17)13-11(16)18/h5,7-9H,3-4H2,1-2H3,(H,13,17,18)/t7?,8-,9-/m0/s1. The van der Waals surface area contributed by atoms with Crippen molar-refractivity contribution in [3.05, 3.63) is 43.0 Å². The Hall–Kier alpha value is -2.05. The van der Waals surface area contributed by atoms with Crippen LogP contribution in [0.25, 0.3) is 10.4 Å². The summed E-state index contributed by atoms with van der Waals surface area (Å²) in [6, 6.07) is -0.292. The molecular formula is C11H15N5O3. The normalized spacial score (nSPS) is 26.1. The van der Waals surface area contributed by atoms with Crippen molar-refractivity contribution >= 4 is 0 Å². The van der Waals surface area contributed by atoms with Crippen molar-refractivity contribution in [2.24, 2.45) is 5.11 Å². The molecule has 0 radical (unpaired) electrons. The lowest BCUT2D eigenvalue weighted by Gasteiger charge is -2.15. The molecule has 1 aromatic rings. The second-order valence-corrected chi connectivity index (χ2v) is 4.52. The number of rotatable bonds is 3. The van der Waals surface area contributed by atoms with E-state index in [1.54, 1.807) is 6.92 Å². The Morgan fingerprint density at radius 1 is 1.63 bits per heavy atom. The number of nitrogens with one attached hydrogen (secondary N) is 1. The van der Waals surface area contributed by atoms with E-state index in [0.29, 0.717) is 18.4 Å². The maximum absolute atomic E-state index is 11.8. The van der Waals surface area contributed by atoms with Gasteiger partial charge in [0.05, 0.1) is 12.1 Å². The number of aromatic amines is 1. The van der Waals surface area contributed by atoms with Crippen molar-refractivity contribution in [1.29, 1.82) is 0 Å². The zero-order valence-corrected chi connectivity index (χ0v) is 10.7. The molecule has 0 saturated carbocycles. The number of hydrogen-bond acceptors (Lipinski definition) is 4. The molecule has 0 bridgehead atoms. The van der Waals surface area contributed by atoms with Gasteiger partial charge in [0.2, 0.25) is 0 Å². The third-order valence-corrected chi connectivity index (χ3v) is 3.26. The van der Waals surface area contributed by atoms with Gasteiger partial charge in [0.15, 0.2) is 0 Å². The maximum Gasteiger partial charge on any atom is 0.330 e. The lowest BCUT2D eigenvalue weighted by molar-refractivity contribution is -0.00417. The Morgan fingerprint density at radius 3 is 3.00 bits per heavy atom. The van der Waals surface area contributed by atoms with Gasteiger partial charge in [-0.2, -0.15) is 0 Å². The number of aromatic nitrogens is 2. The molecule has 2 rings (SSSR count). The van der Waals surface area contributed by atoms with Gasteiger partial charge < -0.3 is 4.74 Å². The monoisotopic (exact) mass is 265 g/mol. The first-order valence-corrected chi connectivity index (χ1v) is 6.08. The summed E-state index contributed by atoms with van der Waals surface area (Å²) >= 11 is 0. The van der Waals surface area contributed by atoms with Gasteiger partial charge in [0.1, 0.15) is 6.23 Å². The predicted octanol–water partition coefficient (Wildman–Crippen LogP) is 1.22. The third kappa shape index (κ3) is 2.54. The van der Waals surface area contributed by atoms with Gasteiger partial charge in [-0.25, -0.2) is 4.79 Å². The fourth-order valence-electron chi connectivity index (χ4n) is 2.24. The van der Waals surface area contributed by atoms with Crippen LogP contribution >= 0.6 is 0 Å². The summed E-state index contributed by atoms with van der Waals surface area (Å²) in [6.45, 7) is 3.54. The van der Waals surface area contributed by atoms with E-state index >= 15 is 0 Å². The largest absolute Gasteiger partial charge is 0.354 e. The van der Waals surface area contributed by atoms with E-state index in [0.717, 1.165) is 0 Å². The minimum Gasteiger partial charge on any atom is -0.354 e. The number of ether oxygens (including phenoxy) is 1. The lowest BCUT2D eigenvalue weighted by Crippen LogP contribution is -2.33. The van der Waals surface area contributed by atoms with Crippen LogP contribution in [0.1, 0.15) is 31.6 Å². The average Bonchev–Trinajstić information content (AvgIpc) is 2.77. The number of H-pyrrole nitrogens is 1. The summed E-state index contributed by atoms with van der Waals surface area (Å²) in [4.78, 5) is 28.1. The van der Waals surface area contributed by atoms with Crippen molar-refractivity contribution in [3.8, 4) is 0 Å². The number of azide groups is 1. The van der Waals surface area contributed by atoms with E-state index in [4.69, 9.17) is 10.3 Å². The second kappa shape index (κ2) is 5.29.